The first-order valence-corrected chi connectivity index (χ1v) is 9.93. The summed E-state index contributed by atoms with van der Waals surface area (Å²) in [6.07, 6.45) is 4.81. The van der Waals surface area contributed by atoms with Crippen LogP contribution in [-0.4, -0.2) is 46.7 Å². The molecule has 1 aliphatic rings. The van der Waals surface area contributed by atoms with E-state index < -0.39 is 17.7 Å². The predicted molar refractivity (Wildman–Crippen MR) is 105 cm³/mol. The van der Waals surface area contributed by atoms with Crippen molar-refractivity contribution in [3.63, 3.8) is 0 Å². The maximum Gasteiger partial charge on any atom is 0.325 e. The average molecular weight is 376 g/mol. The molecule has 2 N–H and O–H groups in total. The van der Waals surface area contributed by atoms with Crippen molar-refractivity contribution in [2.45, 2.75) is 70.9 Å². The van der Waals surface area contributed by atoms with Crippen molar-refractivity contribution in [1.82, 2.24) is 10.2 Å². The zero-order valence-corrected chi connectivity index (χ0v) is 16.7. The lowest BCUT2D eigenvalue weighted by molar-refractivity contribution is -0.132. The number of imide groups is 1. The van der Waals surface area contributed by atoms with Gasteiger partial charge in [-0.25, -0.2) is 4.79 Å². The van der Waals surface area contributed by atoms with E-state index in [0.717, 1.165) is 37.0 Å². The molecular weight excluding hydrogens is 344 g/mol. The van der Waals surface area contributed by atoms with Gasteiger partial charge in [0.1, 0.15) is 24.0 Å². The van der Waals surface area contributed by atoms with Gasteiger partial charge in [0.15, 0.2) is 0 Å². The summed E-state index contributed by atoms with van der Waals surface area (Å²) in [7, 11) is 0. The number of aryl methyl sites for hydroxylation is 1. The molecule has 6 heteroatoms. The molecule has 1 aromatic carbocycles. The van der Waals surface area contributed by atoms with E-state index in [2.05, 4.69) is 19.2 Å². The van der Waals surface area contributed by atoms with Gasteiger partial charge in [0.25, 0.3) is 5.91 Å². The van der Waals surface area contributed by atoms with E-state index in [-0.39, 0.29) is 19.1 Å². The summed E-state index contributed by atoms with van der Waals surface area (Å²) >= 11 is 0. The minimum absolute atomic E-state index is 0.0236. The van der Waals surface area contributed by atoms with E-state index in [1.165, 1.54) is 5.56 Å². The number of aliphatic hydroxyl groups excluding tert-OH is 1. The molecule has 0 spiro atoms. The lowest BCUT2D eigenvalue weighted by atomic mass is 9.94. The number of carbonyl (C=O) groups is 2. The molecule has 1 fully saturated rings. The fourth-order valence-corrected chi connectivity index (χ4v) is 3.26. The Morgan fingerprint density at radius 3 is 2.48 bits per heavy atom. The van der Waals surface area contributed by atoms with Gasteiger partial charge in [-0.2, -0.15) is 0 Å². The lowest BCUT2D eigenvalue weighted by Crippen LogP contribution is -2.45. The summed E-state index contributed by atoms with van der Waals surface area (Å²) in [5.41, 5.74) is 0.335. The third-order valence-electron chi connectivity index (χ3n) is 5.04. The van der Waals surface area contributed by atoms with E-state index >= 15 is 0 Å². The van der Waals surface area contributed by atoms with Crippen LogP contribution in [0.5, 0.6) is 5.75 Å². The van der Waals surface area contributed by atoms with Crippen LogP contribution in [0.15, 0.2) is 24.3 Å². The fraction of sp³-hybridized carbons (Fsp3) is 0.619. The zero-order valence-electron chi connectivity index (χ0n) is 16.7. The van der Waals surface area contributed by atoms with Crippen LogP contribution in [-0.2, 0) is 11.2 Å². The third-order valence-corrected chi connectivity index (χ3v) is 5.04. The first-order chi connectivity index (χ1) is 12.9. The van der Waals surface area contributed by atoms with Crippen molar-refractivity contribution in [1.29, 1.82) is 0 Å². The number of hydrogen-bond donors (Lipinski definition) is 2. The topological polar surface area (TPSA) is 78.9 Å². The molecule has 0 bridgehead atoms. The summed E-state index contributed by atoms with van der Waals surface area (Å²) < 4.78 is 5.57. The van der Waals surface area contributed by atoms with Crippen LogP contribution in [0, 0.1) is 0 Å². The molecule has 0 saturated carbocycles. The normalized spacial score (nSPS) is 20.7. The molecule has 1 saturated heterocycles. The highest BCUT2D eigenvalue weighted by Crippen LogP contribution is 2.24. The maximum absolute atomic E-state index is 12.7. The molecule has 1 heterocycles. The third kappa shape index (κ3) is 5.70. The molecule has 1 aromatic rings. The highest BCUT2D eigenvalue weighted by molar-refractivity contribution is 6.06. The van der Waals surface area contributed by atoms with Crippen molar-refractivity contribution in [2.75, 3.05) is 13.2 Å². The monoisotopic (exact) mass is 376 g/mol. The fourth-order valence-electron chi connectivity index (χ4n) is 3.26. The smallest absolute Gasteiger partial charge is 0.325 e. The number of carbonyl (C=O) groups excluding carboxylic acids is 2. The summed E-state index contributed by atoms with van der Waals surface area (Å²) in [4.78, 5) is 26.0. The van der Waals surface area contributed by atoms with Crippen molar-refractivity contribution in [3.8, 4) is 5.75 Å². The van der Waals surface area contributed by atoms with Gasteiger partial charge in [0, 0.05) is 0 Å². The van der Waals surface area contributed by atoms with Gasteiger partial charge in [0.05, 0.1) is 6.54 Å². The number of aliphatic hydroxyl groups is 1. The zero-order chi connectivity index (χ0) is 19.9. The molecule has 27 heavy (non-hydrogen) atoms. The van der Waals surface area contributed by atoms with Crippen LogP contribution in [0.1, 0.15) is 58.4 Å². The number of β-amino-alcohol motifs (C(OH)–C–C–N with tert-alkyl or cyclic N) is 1. The highest BCUT2D eigenvalue weighted by atomic mass is 16.5. The van der Waals surface area contributed by atoms with E-state index in [9.17, 15) is 14.7 Å². The summed E-state index contributed by atoms with van der Waals surface area (Å²) in [5, 5.41) is 13.0. The number of amides is 3. The standard InChI is InChI=1S/C21H32N2O4/c1-4-6-7-8-13-21(3)19(25)23(20(26)22-21)14-17(24)15-27-18-11-9-16(5-2)10-12-18/h9-12,17,24H,4-8,13-15H2,1-3H3,(H,22,26). The van der Waals surface area contributed by atoms with Crippen LogP contribution in [0.2, 0.25) is 0 Å². The molecule has 3 amide bonds. The first kappa shape index (κ1) is 21.2. The van der Waals surface area contributed by atoms with E-state index in [1.807, 2.05) is 24.3 Å². The quantitative estimate of drug-likeness (QED) is 0.459. The number of rotatable bonds is 11. The van der Waals surface area contributed by atoms with Gasteiger partial charge in [-0.05, 0) is 37.5 Å². The number of nitrogens with zero attached hydrogens (tertiary/aromatic N) is 1. The second kappa shape index (κ2) is 9.74. The van der Waals surface area contributed by atoms with Crippen LogP contribution >= 0.6 is 0 Å². The molecule has 1 aliphatic heterocycles. The van der Waals surface area contributed by atoms with E-state index in [1.54, 1.807) is 6.92 Å². The lowest BCUT2D eigenvalue weighted by Gasteiger charge is -2.22. The Labute approximate surface area is 161 Å². The van der Waals surface area contributed by atoms with Gasteiger partial charge in [-0.1, -0.05) is 51.7 Å². The molecule has 150 valence electrons. The Hall–Kier alpha value is -2.08. The summed E-state index contributed by atoms with van der Waals surface area (Å²) in [5.74, 6) is 0.388. The molecule has 0 radical (unpaired) electrons. The van der Waals surface area contributed by atoms with Gasteiger partial charge >= 0.3 is 6.03 Å². The molecule has 6 nitrogen and oxygen atoms in total. The molecular formula is C21H32N2O4. The Kier molecular flexibility index (Phi) is 7.66. The predicted octanol–water partition coefficient (Wildman–Crippen LogP) is 3.27. The first-order valence-electron chi connectivity index (χ1n) is 9.93. The van der Waals surface area contributed by atoms with Crippen molar-refractivity contribution < 1.29 is 19.4 Å². The van der Waals surface area contributed by atoms with Crippen molar-refractivity contribution in [3.05, 3.63) is 29.8 Å². The van der Waals surface area contributed by atoms with Gasteiger partial charge in [-0.3, -0.25) is 9.69 Å². The van der Waals surface area contributed by atoms with Gasteiger partial charge in [0.2, 0.25) is 0 Å². The highest BCUT2D eigenvalue weighted by Gasteiger charge is 2.47. The second-order valence-electron chi connectivity index (χ2n) is 7.45. The van der Waals surface area contributed by atoms with Crippen LogP contribution in [0.4, 0.5) is 4.79 Å². The Balaban J connectivity index is 1.84. The van der Waals surface area contributed by atoms with Crippen LogP contribution < -0.4 is 10.1 Å². The SMILES string of the molecule is CCCCCCC1(C)NC(=O)N(CC(O)COc2ccc(CC)cc2)C1=O. The number of ether oxygens (including phenoxy) is 1. The molecule has 2 rings (SSSR count). The largest absolute Gasteiger partial charge is 0.491 e. The van der Waals surface area contributed by atoms with E-state index in [0.29, 0.717) is 12.2 Å². The number of benzene rings is 1. The average Bonchev–Trinajstić information content (AvgIpc) is 2.87. The summed E-state index contributed by atoms with van der Waals surface area (Å²) in [6.45, 7) is 5.93. The Morgan fingerprint density at radius 1 is 1.15 bits per heavy atom. The Morgan fingerprint density at radius 2 is 1.85 bits per heavy atom. The van der Waals surface area contributed by atoms with Gasteiger partial charge in [-0.15, -0.1) is 0 Å². The molecule has 2 unspecified atom stereocenters. The molecule has 0 aliphatic carbocycles. The molecule has 2 atom stereocenters. The van der Waals surface area contributed by atoms with Crippen LogP contribution in [0.25, 0.3) is 0 Å². The van der Waals surface area contributed by atoms with Crippen molar-refractivity contribution >= 4 is 11.9 Å². The second-order valence-corrected chi connectivity index (χ2v) is 7.45. The number of nitrogens with one attached hydrogen (secondary N) is 1. The van der Waals surface area contributed by atoms with E-state index in [4.69, 9.17) is 4.74 Å². The number of urea groups is 1. The number of unbranched alkanes of at least 4 members (excludes halogenated alkanes) is 3. The molecule has 0 aromatic heterocycles. The van der Waals surface area contributed by atoms with Crippen LogP contribution in [0.3, 0.4) is 0 Å². The Bertz CT molecular complexity index is 632. The number of hydrogen-bond acceptors (Lipinski definition) is 4. The van der Waals surface area contributed by atoms with Crippen molar-refractivity contribution in [2.24, 2.45) is 0 Å². The minimum atomic E-state index is -0.937. The summed E-state index contributed by atoms with van der Waals surface area (Å²) in [6, 6.07) is 7.22. The maximum atomic E-state index is 12.7. The minimum Gasteiger partial charge on any atom is -0.491 e. The van der Waals surface area contributed by atoms with Gasteiger partial charge < -0.3 is 15.2 Å².